The number of nitrogens with one attached hydrogen (secondary N) is 1. The van der Waals surface area contributed by atoms with Gasteiger partial charge in [-0.2, -0.15) is 5.10 Å². The molecule has 2 aromatic carbocycles. The van der Waals surface area contributed by atoms with Crippen molar-refractivity contribution in [3.05, 3.63) is 82.2 Å². The molecule has 0 aliphatic heterocycles. The summed E-state index contributed by atoms with van der Waals surface area (Å²) in [6.45, 7) is 0. The monoisotopic (exact) mass is 452 g/mol. The molecule has 0 unspecified atom stereocenters. The van der Waals surface area contributed by atoms with Gasteiger partial charge in [0.25, 0.3) is 0 Å². The summed E-state index contributed by atoms with van der Waals surface area (Å²) in [6.07, 6.45) is 1.37. The summed E-state index contributed by atoms with van der Waals surface area (Å²) in [5.74, 6) is -0.344. The van der Waals surface area contributed by atoms with Crippen molar-refractivity contribution < 1.29 is 23.5 Å². The predicted molar refractivity (Wildman–Crippen MR) is 110 cm³/mol. The Kier molecular flexibility index (Phi) is 5.01. The minimum Gasteiger partial charge on any atom is -0.478 e. The van der Waals surface area contributed by atoms with Crippen LogP contribution in [0, 0.1) is 0 Å². The number of furan rings is 2. The lowest BCUT2D eigenvalue weighted by Crippen LogP contribution is -2.16. The zero-order chi connectivity index (χ0) is 20.4. The lowest BCUT2D eigenvalue weighted by Gasteiger charge is -1.98. The van der Waals surface area contributed by atoms with E-state index in [4.69, 9.17) is 13.9 Å². The van der Waals surface area contributed by atoms with Gasteiger partial charge in [0.15, 0.2) is 5.76 Å². The van der Waals surface area contributed by atoms with Crippen LogP contribution in [0.5, 0.6) is 0 Å². The first-order chi connectivity index (χ1) is 14.0. The van der Waals surface area contributed by atoms with Crippen molar-refractivity contribution in [1.82, 2.24) is 5.43 Å². The van der Waals surface area contributed by atoms with Gasteiger partial charge in [0, 0.05) is 15.4 Å². The smallest absolute Gasteiger partial charge is 0.335 e. The number of hydrogen-bond donors (Lipinski definition) is 2. The van der Waals surface area contributed by atoms with E-state index < -0.39 is 11.9 Å². The minimum atomic E-state index is -0.989. The van der Waals surface area contributed by atoms with Gasteiger partial charge in [0.1, 0.15) is 17.1 Å². The van der Waals surface area contributed by atoms with Gasteiger partial charge < -0.3 is 13.9 Å². The van der Waals surface area contributed by atoms with Crippen LogP contribution >= 0.6 is 15.9 Å². The SMILES string of the molecule is O=C(O)c1ccc(-c2ccc(/C=N/NC(=O)c3cc4cc(Br)ccc4o3)o2)cc1. The summed E-state index contributed by atoms with van der Waals surface area (Å²) in [5, 5.41) is 13.6. The van der Waals surface area contributed by atoms with Gasteiger partial charge >= 0.3 is 11.9 Å². The van der Waals surface area contributed by atoms with Crippen LogP contribution in [0.4, 0.5) is 0 Å². The van der Waals surface area contributed by atoms with E-state index in [1.54, 1.807) is 36.4 Å². The van der Waals surface area contributed by atoms with Crippen LogP contribution in [-0.2, 0) is 0 Å². The maximum atomic E-state index is 12.2. The molecule has 0 spiro atoms. The number of carbonyl (C=O) groups excluding carboxylic acids is 1. The van der Waals surface area contributed by atoms with Crippen molar-refractivity contribution in [1.29, 1.82) is 0 Å². The summed E-state index contributed by atoms with van der Waals surface area (Å²) < 4.78 is 12.0. The first-order valence-corrected chi connectivity index (χ1v) is 9.25. The number of carbonyl (C=O) groups is 2. The van der Waals surface area contributed by atoms with E-state index in [-0.39, 0.29) is 11.3 Å². The lowest BCUT2D eigenvalue weighted by molar-refractivity contribution is 0.0696. The van der Waals surface area contributed by atoms with Crippen LogP contribution in [0.1, 0.15) is 26.7 Å². The molecule has 0 aliphatic carbocycles. The third kappa shape index (κ3) is 4.12. The number of aromatic carboxylic acids is 1. The molecule has 8 heteroatoms. The number of nitrogens with zero attached hydrogens (tertiary/aromatic N) is 1. The number of fused-ring (bicyclic) bond motifs is 1. The Bertz CT molecular complexity index is 1240. The van der Waals surface area contributed by atoms with Crippen LogP contribution < -0.4 is 5.43 Å². The van der Waals surface area contributed by atoms with Gasteiger partial charge in [0.05, 0.1) is 11.8 Å². The number of carboxylic acid groups (broad SMARTS) is 1. The summed E-state index contributed by atoms with van der Waals surface area (Å²) in [7, 11) is 0. The largest absolute Gasteiger partial charge is 0.478 e. The maximum absolute atomic E-state index is 12.2. The molecule has 7 nitrogen and oxygen atoms in total. The fourth-order valence-electron chi connectivity index (χ4n) is 2.69. The van der Waals surface area contributed by atoms with Crippen molar-refractivity contribution in [3.63, 3.8) is 0 Å². The second kappa shape index (κ2) is 7.76. The Morgan fingerprint density at radius 3 is 2.55 bits per heavy atom. The topological polar surface area (TPSA) is 105 Å². The molecule has 4 aromatic rings. The number of amides is 1. The van der Waals surface area contributed by atoms with Gasteiger partial charge in [-0.25, -0.2) is 10.2 Å². The average Bonchev–Trinajstić information content (AvgIpc) is 3.34. The van der Waals surface area contributed by atoms with Crippen LogP contribution in [0.25, 0.3) is 22.3 Å². The molecule has 2 aromatic heterocycles. The van der Waals surface area contributed by atoms with Gasteiger partial charge in [0.2, 0.25) is 0 Å². The van der Waals surface area contributed by atoms with Crippen LogP contribution in [0.15, 0.2) is 79.1 Å². The minimum absolute atomic E-state index is 0.147. The Balaban J connectivity index is 1.42. The zero-order valence-corrected chi connectivity index (χ0v) is 16.3. The number of hydrogen-bond acceptors (Lipinski definition) is 5. The van der Waals surface area contributed by atoms with Crippen molar-refractivity contribution in [3.8, 4) is 11.3 Å². The van der Waals surface area contributed by atoms with Crippen LogP contribution in [-0.4, -0.2) is 23.2 Å². The molecule has 144 valence electrons. The van der Waals surface area contributed by atoms with E-state index >= 15 is 0 Å². The Morgan fingerprint density at radius 2 is 1.79 bits per heavy atom. The molecule has 0 radical (unpaired) electrons. The highest BCUT2D eigenvalue weighted by Gasteiger charge is 2.12. The van der Waals surface area contributed by atoms with Crippen molar-refractivity contribution in [2.24, 2.45) is 5.10 Å². The predicted octanol–water partition coefficient (Wildman–Crippen LogP) is 4.92. The van der Waals surface area contributed by atoms with E-state index in [9.17, 15) is 9.59 Å². The first-order valence-electron chi connectivity index (χ1n) is 8.46. The van der Waals surface area contributed by atoms with E-state index in [1.807, 2.05) is 12.1 Å². The fourth-order valence-corrected chi connectivity index (χ4v) is 3.07. The quantitative estimate of drug-likeness (QED) is 0.330. The number of rotatable bonds is 5. The molecular weight excluding hydrogens is 440 g/mol. The molecule has 0 fully saturated rings. The molecule has 0 atom stereocenters. The Morgan fingerprint density at radius 1 is 1.00 bits per heavy atom. The molecule has 2 heterocycles. The Hall–Kier alpha value is -3.65. The lowest BCUT2D eigenvalue weighted by atomic mass is 10.1. The highest BCUT2D eigenvalue weighted by molar-refractivity contribution is 9.10. The highest BCUT2D eigenvalue weighted by Crippen LogP contribution is 2.24. The first kappa shape index (κ1) is 18.7. The van der Waals surface area contributed by atoms with Gasteiger partial charge in [-0.05, 0) is 48.5 Å². The summed E-state index contributed by atoms with van der Waals surface area (Å²) in [5.41, 5.74) is 3.92. The molecule has 0 saturated carbocycles. The second-order valence-electron chi connectivity index (χ2n) is 6.08. The van der Waals surface area contributed by atoms with E-state index in [0.717, 1.165) is 15.4 Å². The molecular formula is C21H13BrN2O5. The van der Waals surface area contributed by atoms with Crippen molar-refractivity contribution in [2.75, 3.05) is 0 Å². The maximum Gasteiger partial charge on any atom is 0.335 e. The zero-order valence-electron chi connectivity index (χ0n) is 14.8. The van der Waals surface area contributed by atoms with Crippen molar-refractivity contribution in [2.45, 2.75) is 0 Å². The highest BCUT2D eigenvalue weighted by atomic mass is 79.9. The number of carboxylic acids is 1. The van der Waals surface area contributed by atoms with Crippen LogP contribution in [0.3, 0.4) is 0 Å². The van der Waals surface area contributed by atoms with E-state index in [0.29, 0.717) is 17.1 Å². The molecule has 0 bridgehead atoms. The number of hydrazone groups is 1. The van der Waals surface area contributed by atoms with Crippen molar-refractivity contribution >= 4 is 45.0 Å². The Labute approximate surface area is 172 Å². The molecule has 29 heavy (non-hydrogen) atoms. The van der Waals surface area contributed by atoms with Gasteiger partial charge in [-0.15, -0.1) is 0 Å². The summed E-state index contributed by atoms with van der Waals surface area (Å²) >= 11 is 3.37. The number of halogens is 1. The molecule has 1 amide bonds. The third-order valence-corrected chi connectivity index (χ3v) is 4.60. The molecule has 0 aliphatic rings. The summed E-state index contributed by atoms with van der Waals surface area (Å²) in [6, 6.07) is 16.8. The molecule has 4 rings (SSSR count). The molecule has 2 N–H and O–H groups in total. The number of benzene rings is 2. The van der Waals surface area contributed by atoms with Crippen LogP contribution in [0.2, 0.25) is 0 Å². The van der Waals surface area contributed by atoms with Gasteiger partial charge in [-0.3, -0.25) is 4.79 Å². The fraction of sp³-hybridized carbons (Fsp3) is 0. The molecule has 0 saturated heterocycles. The van der Waals surface area contributed by atoms with E-state index in [2.05, 4.69) is 26.5 Å². The average molecular weight is 453 g/mol. The summed E-state index contributed by atoms with van der Waals surface area (Å²) in [4.78, 5) is 23.1. The second-order valence-corrected chi connectivity index (χ2v) is 6.99. The third-order valence-electron chi connectivity index (χ3n) is 4.10. The van der Waals surface area contributed by atoms with E-state index in [1.165, 1.54) is 18.3 Å². The standard InChI is InChI=1S/C21H13BrN2O5/c22-15-5-7-18-14(9-15)10-19(29-18)20(25)24-23-11-16-6-8-17(28-16)12-1-3-13(4-2-12)21(26)27/h1-11H,(H,24,25)(H,26,27)/b23-11+. The normalized spacial score (nSPS) is 11.2. The van der Waals surface area contributed by atoms with Gasteiger partial charge in [-0.1, -0.05) is 28.1 Å².